The highest BCUT2D eigenvalue weighted by atomic mass is 16.7. The van der Waals surface area contributed by atoms with Gasteiger partial charge in [-0.2, -0.15) is 0 Å². The van der Waals surface area contributed by atoms with Crippen molar-refractivity contribution in [1.82, 2.24) is 0 Å². The van der Waals surface area contributed by atoms with Crippen LogP contribution < -0.4 is 0 Å². The molecule has 1 atom stereocenters. The van der Waals surface area contributed by atoms with Crippen LogP contribution in [0.25, 0.3) is 0 Å². The van der Waals surface area contributed by atoms with E-state index in [0.717, 1.165) is 6.26 Å². The smallest absolute Gasteiger partial charge is 0.197 e. The molecule has 0 aliphatic carbocycles. The van der Waals surface area contributed by atoms with Crippen LogP contribution in [0.5, 0.6) is 0 Å². The maximum absolute atomic E-state index is 8.32. The number of rotatable bonds is 0. The van der Waals surface area contributed by atoms with E-state index in [0.29, 0.717) is 12.4 Å². The number of aliphatic hydroxyl groups is 1. The molecule has 1 aliphatic rings. The Balaban J connectivity index is 2.44. The van der Waals surface area contributed by atoms with Gasteiger partial charge in [-0.05, 0) is 6.92 Å². The standard InChI is InChI=1S/C5H8O3/c1-4-7-3-5(2-6)8-4/h2,4,6H,3H2,1H3. The molecular formula is C5H8O3. The second-order valence-corrected chi connectivity index (χ2v) is 1.59. The van der Waals surface area contributed by atoms with Gasteiger partial charge in [0, 0.05) is 0 Å². The molecule has 3 heteroatoms. The van der Waals surface area contributed by atoms with Crippen molar-refractivity contribution >= 4 is 0 Å². The molecule has 0 saturated carbocycles. The number of ether oxygens (including phenoxy) is 2. The fourth-order valence-electron chi connectivity index (χ4n) is 0.548. The topological polar surface area (TPSA) is 38.7 Å². The van der Waals surface area contributed by atoms with E-state index in [4.69, 9.17) is 14.6 Å². The van der Waals surface area contributed by atoms with Crippen molar-refractivity contribution in [2.45, 2.75) is 13.2 Å². The second kappa shape index (κ2) is 2.05. The van der Waals surface area contributed by atoms with Gasteiger partial charge in [0.1, 0.15) is 12.9 Å². The summed E-state index contributed by atoms with van der Waals surface area (Å²) in [6.07, 6.45) is 0.720. The Morgan fingerprint density at radius 2 is 2.62 bits per heavy atom. The van der Waals surface area contributed by atoms with Crippen molar-refractivity contribution in [3.8, 4) is 0 Å². The molecule has 0 aromatic carbocycles. The Bertz CT molecular complexity index is 108. The first-order chi connectivity index (χ1) is 3.83. The van der Waals surface area contributed by atoms with E-state index in [1.807, 2.05) is 0 Å². The summed E-state index contributed by atoms with van der Waals surface area (Å²) in [6, 6.07) is 0. The summed E-state index contributed by atoms with van der Waals surface area (Å²) in [5.74, 6) is 0.498. The normalized spacial score (nSPS) is 33.1. The molecule has 1 rings (SSSR count). The van der Waals surface area contributed by atoms with E-state index < -0.39 is 0 Å². The van der Waals surface area contributed by atoms with E-state index in [9.17, 15) is 0 Å². The van der Waals surface area contributed by atoms with Gasteiger partial charge < -0.3 is 14.6 Å². The highest BCUT2D eigenvalue weighted by Gasteiger charge is 2.14. The highest BCUT2D eigenvalue weighted by molar-refractivity contribution is 4.89. The highest BCUT2D eigenvalue weighted by Crippen LogP contribution is 2.12. The van der Waals surface area contributed by atoms with E-state index in [2.05, 4.69) is 0 Å². The Kier molecular flexibility index (Phi) is 1.39. The fourth-order valence-corrected chi connectivity index (χ4v) is 0.548. The average Bonchev–Trinajstić information content (AvgIpc) is 2.14. The number of aliphatic hydroxyl groups excluding tert-OH is 1. The lowest BCUT2D eigenvalue weighted by Crippen LogP contribution is -1.97. The molecule has 1 unspecified atom stereocenters. The largest absolute Gasteiger partial charge is 0.512 e. The van der Waals surface area contributed by atoms with Crippen LogP contribution in [0.2, 0.25) is 0 Å². The van der Waals surface area contributed by atoms with Gasteiger partial charge in [0.15, 0.2) is 12.0 Å². The van der Waals surface area contributed by atoms with Crippen LogP contribution in [-0.2, 0) is 9.47 Å². The zero-order valence-electron chi connectivity index (χ0n) is 4.63. The SMILES string of the molecule is CC1OCC(=CO)O1. The van der Waals surface area contributed by atoms with Gasteiger partial charge >= 0.3 is 0 Å². The summed E-state index contributed by atoms with van der Waals surface area (Å²) in [7, 11) is 0. The number of hydrogen-bond donors (Lipinski definition) is 1. The number of hydrogen-bond acceptors (Lipinski definition) is 3. The minimum atomic E-state index is -0.201. The quantitative estimate of drug-likeness (QED) is 0.475. The molecular weight excluding hydrogens is 108 g/mol. The van der Waals surface area contributed by atoms with Crippen molar-refractivity contribution in [1.29, 1.82) is 0 Å². The molecule has 3 nitrogen and oxygen atoms in total. The molecule has 0 aromatic rings. The summed E-state index contributed by atoms with van der Waals surface area (Å²) in [6.45, 7) is 2.16. The second-order valence-electron chi connectivity index (χ2n) is 1.59. The first kappa shape index (κ1) is 5.44. The van der Waals surface area contributed by atoms with Crippen molar-refractivity contribution in [3.05, 3.63) is 12.0 Å². The minimum Gasteiger partial charge on any atom is -0.512 e. The van der Waals surface area contributed by atoms with Gasteiger partial charge in [-0.3, -0.25) is 0 Å². The first-order valence-electron chi connectivity index (χ1n) is 2.44. The van der Waals surface area contributed by atoms with Crippen molar-refractivity contribution < 1.29 is 14.6 Å². The molecule has 46 valence electrons. The maximum atomic E-state index is 8.32. The van der Waals surface area contributed by atoms with Crippen LogP contribution in [0.3, 0.4) is 0 Å². The maximum Gasteiger partial charge on any atom is 0.197 e. The average molecular weight is 116 g/mol. The zero-order chi connectivity index (χ0) is 5.98. The van der Waals surface area contributed by atoms with Gasteiger partial charge in [0.25, 0.3) is 0 Å². The fraction of sp³-hybridized carbons (Fsp3) is 0.600. The monoisotopic (exact) mass is 116 g/mol. The zero-order valence-corrected chi connectivity index (χ0v) is 4.63. The molecule has 8 heavy (non-hydrogen) atoms. The van der Waals surface area contributed by atoms with Gasteiger partial charge in [-0.25, -0.2) is 0 Å². The van der Waals surface area contributed by atoms with E-state index in [1.165, 1.54) is 0 Å². The van der Waals surface area contributed by atoms with Gasteiger partial charge in [0.05, 0.1) is 0 Å². The lowest BCUT2D eigenvalue weighted by atomic mass is 10.6. The van der Waals surface area contributed by atoms with E-state index in [-0.39, 0.29) is 6.29 Å². The molecule has 0 aromatic heterocycles. The molecule has 0 radical (unpaired) electrons. The summed E-state index contributed by atoms with van der Waals surface area (Å²) in [5, 5.41) is 8.32. The Labute approximate surface area is 47.5 Å². The predicted octanol–water partition coefficient (Wildman–Crippen LogP) is 0.779. The first-order valence-corrected chi connectivity index (χ1v) is 2.44. The lowest BCUT2D eigenvalue weighted by Gasteiger charge is -1.97. The van der Waals surface area contributed by atoms with Crippen LogP contribution in [0, 0.1) is 0 Å². The van der Waals surface area contributed by atoms with Crippen LogP contribution in [0.4, 0.5) is 0 Å². The molecule has 0 spiro atoms. The molecule has 1 fully saturated rings. The van der Waals surface area contributed by atoms with Crippen molar-refractivity contribution in [2.75, 3.05) is 6.61 Å². The molecule has 0 amide bonds. The third kappa shape index (κ3) is 0.924. The van der Waals surface area contributed by atoms with Gasteiger partial charge in [-0.15, -0.1) is 0 Å². The van der Waals surface area contributed by atoms with Crippen LogP contribution >= 0.6 is 0 Å². The third-order valence-corrected chi connectivity index (χ3v) is 0.922. The van der Waals surface area contributed by atoms with Crippen LogP contribution in [0.1, 0.15) is 6.92 Å². The Hall–Kier alpha value is -0.700. The van der Waals surface area contributed by atoms with Crippen LogP contribution in [0.15, 0.2) is 12.0 Å². The Morgan fingerprint density at radius 1 is 1.88 bits per heavy atom. The minimum absolute atomic E-state index is 0.201. The molecule has 1 heterocycles. The van der Waals surface area contributed by atoms with E-state index in [1.54, 1.807) is 6.92 Å². The molecule has 1 saturated heterocycles. The summed E-state index contributed by atoms with van der Waals surface area (Å²) in [4.78, 5) is 0. The van der Waals surface area contributed by atoms with Gasteiger partial charge in [0.2, 0.25) is 0 Å². The van der Waals surface area contributed by atoms with Gasteiger partial charge in [-0.1, -0.05) is 0 Å². The lowest BCUT2D eigenvalue weighted by molar-refractivity contribution is -0.0161. The Morgan fingerprint density at radius 3 is 2.88 bits per heavy atom. The summed E-state index contributed by atoms with van der Waals surface area (Å²) in [5.41, 5.74) is 0. The van der Waals surface area contributed by atoms with Crippen molar-refractivity contribution in [2.24, 2.45) is 0 Å². The molecule has 1 aliphatic heterocycles. The summed E-state index contributed by atoms with van der Waals surface area (Å²) < 4.78 is 9.81. The summed E-state index contributed by atoms with van der Waals surface area (Å²) >= 11 is 0. The van der Waals surface area contributed by atoms with E-state index >= 15 is 0 Å². The third-order valence-electron chi connectivity index (χ3n) is 0.922. The van der Waals surface area contributed by atoms with Crippen LogP contribution in [-0.4, -0.2) is 18.0 Å². The van der Waals surface area contributed by atoms with Crippen molar-refractivity contribution in [3.63, 3.8) is 0 Å². The molecule has 0 bridgehead atoms. The predicted molar refractivity (Wildman–Crippen MR) is 27.2 cm³/mol. The molecule has 1 N–H and O–H groups in total.